The zero-order valence-electron chi connectivity index (χ0n) is 13.1. The standard InChI is InChI=1S/C16H32N2OS/c1-2-3-4-5-6-7-8-9-12-17-16(20)18-14-15-11-10-13-19-15/h15H,2-14H2,1H3,(H2,17,18,20). The van der Waals surface area contributed by atoms with Crippen LogP contribution in [-0.2, 0) is 4.74 Å². The van der Waals surface area contributed by atoms with Gasteiger partial charge in [0.1, 0.15) is 0 Å². The van der Waals surface area contributed by atoms with E-state index in [1.807, 2.05) is 0 Å². The van der Waals surface area contributed by atoms with E-state index in [2.05, 4.69) is 17.6 Å². The van der Waals surface area contributed by atoms with E-state index >= 15 is 0 Å². The van der Waals surface area contributed by atoms with Gasteiger partial charge in [0.05, 0.1) is 6.10 Å². The molecule has 1 aliphatic rings. The lowest BCUT2D eigenvalue weighted by Gasteiger charge is -2.13. The highest BCUT2D eigenvalue weighted by atomic mass is 32.1. The molecule has 0 radical (unpaired) electrons. The summed E-state index contributed by atoms with van der Waals surface area (Å²) in [6, 6.07) is 0. The molecule has 0 amide bonds. The first-order valence-electron chi connectivity index (χ1n) is 8.46. The fraction of sp³-hybridized carbons (Fsp3) is 0.938. The van der Waals surface area contributed by atoms with Gasteiger partial charge < -0.3 is 15.4 Å². The third-order valence-electron chi connectivity index (χ3n) is 3.83. The predicted molar refractivity (Wildman–Crippen MR) is 90.2 cm³/mol. The van der Waals surface area contributed by atoms with Crippen molar-refractivity contribution in [2.75, 3.05) is 19.7 Å². The molecule has 0 aromatic carbocycles. The monoisotopic (exact) mass is 300 g/mol. The molecule has 1 atom stereocenters. The summed E-state index contributed by atoms with van der Waals surface area (Å²) in [5.41, 5.74) is 0. The van der Waals surface area contributed by atoms with E-state index in [9.17, 15) is 0 Å². The number of rotatable bonds is 11. The SMILES string of the molecule is CCCCCCCCCCNC(=S)NCC1CCCO1. The average Bonchev–Trinajstić information content (AvgIpc) is 2.96. The second kappa shape index (κ2) is 12.4. The highest BCUT2D eigenvalue weighted by Gasteiger charge is 2.14. The molecule has 2 N–H and O–H groups in total. The Labute approximate surface area is 130 Å². The normalized spacial score (nSPS) is 18.1. The van der Waals surface area contributed by atoms with E-state index < -0.39 is 0 Å². The van der Waals surface area contributed by atoms with E-state index in [-0.39, 0.29) is 0 Å². The predicted octanol–water partition coefficient (Wildman–Crippen LogP) is 3.77. The summed E-state index contributed by atoms with van der Waals surface area (Å²) in [5, 5.41) is 7.31. The van der Waals surface area contributed by atoms with E-state index in [0.717, 1.165) is 31.2 Å². The zero-order chi connectivity index (χ0) is 14.5. The maximum Gasteiger partial charge on any atom is 0.166 e. The van der Waals surface area contributed by atoms with Gasteiger partial charge in [-0.05, 0) is 31.5 Å². The van der Waals surface area contributed by atoms with Crippen LogP contribution in [0.4, 0.5) is 0 Å². The van der Waals surface area contributed by atoms with Gasteiger partial charge in [0.25, 0.3) is 0 Å². The molecule has 1 rings (SSSR count). The lowest BCUT2D eigenvalue weighted by atomic mass is 10.1. The fourth-order valence-electron chi connectivity index (χ4n) is 2.54. The summed E-state index contributed by atoms with van der Waals surface area (Å²) >= 11 is 5.26. The second-order valence-electron chi connectivity index (χ2n) is 5.75. The Morgan fingerprint density at radius 2 is 1.75 bits per heavy atom. The van der Waals surface area contributed by atoms with Crippen LogP contribution in [0.25, 0.3) is 0 Å². The van der Waals surface area contributed by atoms with Gasteiger partial charge >= 0.3 is 0 Å². The summed E-state index contributed by atoms with van der Waals surface area (Å²) in [6.07, 6.45) is 13.5. The highest BCUT2D eigenvalue weighted by Crippen LogP contribution is 2.10. The molecule has 0 bridgehead atoms. The molecule has 20 heavy (non-hydrogen) atoms. The first-order valence-corrected chi connectivity index (χ1v) is 8.87. The molecule has 0 aromatic rings. The molecule has 1 saturated heterocycles. The Hall–Kier alpha value is -0.350. The van der Waals surface area contributed by atoms with Crippen LogP contribution in [0.15, 0.2) is 0 Å². The van der Waals surface area contributed by atoms with Gasteiger partial charge in [-0.3, -0.25) is 0 Å². The number of ether oxygens (including phenoxy) is 1. The first kappa shape index (κ1) is 17.7. The molecule has 3 nitrogen and oxygen atoms in total. The molecule has 118 valence electrons. The molecule has 0 saturated carbocycles. The number of hydrogen-bond donors (Lipinski definition) is 2. The van der Waals surface area contributed by atoms with Crippen LogP contribution < -0.4 is 10.6 Å². The number of nitrogens with one attached hydrogen (secondary N) is 2. The highest BCUT2D eigenvalue weighted by molar-refractivity contribution is 7.80. The van der Waals surface area contributed by atoms with Crippen LogP contribution >= 0.6 is 12.2 Å². The molecule has 1 unspecified atom stereocenters. The minimum Gasteiger partial charge on any atom is -0.376 e. The van der Waals surface area contributed by atoms with Gasteiger partial charge in [-0.1, -0.05) is 51.9 Å². The van der Waals surface area contributed by atoms with Crippen LogP contribution in [0, 0.1) is 0 Å². The Morgan fingerprint density at radius 1 is 1.05 bits per heavy atom. The molecule has 1 fully saturated rings. The Kier molecular flexibility index (Phi) is 11.0. The molecule has 4 heteroatoms. The molecule has 0 aromatic heterocycles. The van der Waals surface area contributed by atoms with Gasteiger partial charge in [-0.25, -0.2) is 0 Å². The van der Waals surface area contributed by atoms with Gasteiger partial charge in [-0.15, -0.1) is 0 Å². The van der Waals surface area contributed by atoms with Crippen molar-refractivity contribution in [3.8, 4) is 0 Å². The van der Waals surface area contributed by atoms with Crippen LogP contribution in [0.1, 0.15) is 71.1 Å². The summed E-state index contributed by atoms with van der Waals surface area (Å²) < 4.78 is 5.55. The minimum absolute atomic E-state index is 0.359. The smallest absolute Gasteiger partial charge is 0.166 e. The van der Waals surface area contributed by atoms with Gasteiger partial charge in [0.15, 0.2) is 5.11 Å². The van der Waals surface area contributed by atoms with Crippen molar-refractivity contribution in [2.24, 2.45) is 0 Å². The van der Waals surface area contributed by atoms with Crippen molar-refractivity contribution in [3.05, 3.63) is 0 Å². The Bertz CT molecular complexity index is 243. The zero-order valence-corrected chi connectivity index (χ0v) is 13.9. The van der Waals surface area contributed by atoms with E-state index in [4.69, 9.17) is 17.0 Å². The van der Waals surface area contributed by atoms with Crippen LogP contribution in [0.5, 0.6) is 0 Å². The third kappa shape index (κ3) is 9.54. The number of hydrogen-bond acceptors (Lipinski definition) is 2. The molecule has 0 aliphatic carbocycles. The fourth-order valence-corrected chi connectivity index (χ4v) is 2.72. The van der Waals surface area contributed by atoms with Crippen molar-refractivity contribution in [2.45, 2.75) is 77.2 Å². The summed E-state index contributed by atoms with van der Waals surface area (Å²) in [7, 11) is 0. The topological polar surface area (TPSA) is 33.3 Å². The summed E-state index contributed by atoms with van der Waals surface area (Å²) in [6.45, 7) is 5.02. The Morgan fingerprint density at radius 3 is 2.40 bits per heavy atom. The van der Waals surface area contributed by atoms with Crippen molar-refractivity contribution >= 4 is 17.3 Å². The Balaban J connectivity index is 1.79. The quantitative estimate of drug-likeness (QED) is 0.449. The van der Waals surface area contributed by atoms with Crippen molar-refractivity contribution in [1.82, 2.24) is 10.6 Å². The van der Waals surface area contributed by atoms with Gasteiger partial charge in [0.2, 0.25) is 0 Å². The lowest BCUT2D eigenvalue weighted by molar-refractivity contribution is 0.114. The largest absolute Gasteiger partial charge is 0.376 e. The molecular weight excluding hydrogens is 268 g/mol. The van der Waals surface area contributed by atoms with E-state index in [1.165, 1.54) is 57.8 Å². The summed E-state index contributed by atoms with van der Waals surface area (Å²) in [4.78, 5) is 0. The van der Waals surface area contributed by atoms with Crippen molar-refractivity contribution in [1.29, 1.82) is 0 Å². The lowest BCUT2D eigenvalue weighted by Crippen LogP contribution is -2.39. The molecule has 1 heterocycles. The molecule has 0 spiro atoms. The van der Waals surface area contributed by atoms with Crippen molar-refractivity contribution < 1.29 is 4.74 Å². The minimum atomic E-state index is 0.359. The second-order valence-corrected chi connectivity index (χ2v) is 6.15. The number of unbranched alkanes of at least 4 members (excludes halogenated alkanes) is 7. The molecule has 1 aliphatic heterocycles. The van der Waals surface area contributed by atoms with Gasteiger partial charge in [0, 0.05) is 19.7 Å². The van der Waals surface area contributed by atoms with Gasteiger partial charge in [-0.2, -0.15) is 0 Å². The van der Waals surface area contributed by atoms with Crippen molar-refractivity contribution in [3.63, 3.8) is 0 Å². The maximum absolute atomic E-state index is 5.55. The number of thiocarbonyl (C=S) groups is 1. The van der Waals surface area contributed by atoms with E-state index in [1.54, 1.807) is 0 Å². The average molecular weight is 301 g/mol. The van der Waals surface area contributed by atoms with E-state index in [0.29, 0.717) is 6.10 Å². The third-order valence-corrected chi connectivity index (χ3v) is 4.12. The van der Waals surface area contributed by atoms with Crippen LogP contribution in [0.3, 0.4) is 0 Å². The van der Waals surface area contributed by atoms with Crippen LogP contribution in [0.2, 0.25) is 0 Å². The van der Waals surface area contributed by atoms with Crippen LogP contribution in [-0.4, -0.2) is 30.9 Å². The molecular formula is C16H32N2OS. The maximum atomic E-state index is 5.55. The first-order chi connectivity index (χ1) is 9.83. The summed E-state index contributed by atoms with van der Waals surface area (Å²) in [5.74, 6) is 0.